The highest BCUT2D eigenvalue weighted by molar-refractivity contribution is 5.75. The van der Waals surface area contributed by atoms with Gasteiger partial charge < -0.3 is 19.5 Å². The van der Waals surface area contributed by atoms with E-state index in [2.05, 4.69) is 10.1 Å². The van der Waals surface area contributed by atoms with Crippen molar-refractivity contribution in [2.45, 2.75) is 58.8 Å². The van der Waals surface area contributed by atoms with Crippen LogP contribution in [0.15, 0.2) is 0 Å². The zero-order chi connectivity index (χ0) is 15.1. The molecule has 0 bridgehead atoms. The van der Waals surface area contributed by atoms with Gasteiger partial charge in [-0.05, 0) is 20.8 Å². The molecule has 1 fully saturated rings. The van der Waals surface area contributed by atoms with E-state index in [0.29, 0.717) is 13.0 Å². The van der Waals surface area contributed by atoms with E-state index in [9.17, 15) is 9.59 Å². The topological polar surface area (TPSA) is 73.9 Å². The number of methoxy groups -OCH3 is 1. The van der Waals surface area contributed by atoms with E-state index in [1.54, 1.807) is 20.8 Å². The highest BCUT2D eigenvalue weighted by Gasteiger charge is 2.33. The van der Waals surface area contributed by atoms with E-state index in [0.717, 1.165) is 0 Å². The molecule has 112 valence electrons. The molecule has 6 heteroatoms. The molecule has 0 radical (unpaired) electrons. The number of carbonyl (C=O) groups excluding carboxylic acids is 2. The molecule has 19 heavy (non-hydrogen) atoms. The van der Waals surface area contributed by atoms with E-state index < -0.39 is 23.8 Å². The molecule has 0 spiro atoms. The Morgan fingerprint density at radius 3 is 2.32 bits per heavy atom. The Bertz CT molecular complexity index is 298. The average molecular weight is 275 g/mol. The Labute approximate surface area is 114 Å². The first-order valence-electron chi connectivity index (χ1n) is 6.51. The Morgan fingerprint density at radius 1 is 1.26 bits per heavy atom. The zero-order valence-electron chi connectivity index (χ0n) is 12.6. The summed E-state index contributed by atoms with van der Waals surface area (Å²) in [6.07, 6.45) is -0.692. The van der Waals surface area contributed by atoms with Crippen molar-refractivity contribution in [2.75, 3.05) is 13.7 Å². The Morgan fingerprint density at radius 2 is 1.84 bits per heavy atom. The summed E-state index contributed by atoms with van der Waals surface area (Å²) in [7, 11) is 1.31. The Hall–Kier alpha value is -1.30. The highest BCUT2D eigenvalue weighted by Crippen LogP contribution is 2.15. The minimum atomic E-state index is -0.597. The molecule has 0 aromatic rings. The summed E-state index contributed by atoms with van der Waals surface area (Å²) in [5.41, 5.74) is -0.536. The molecule has 2 atom stereocenters. The zero-order valence-corrected chi connectivity index (χ0v) is 12.6. The summed E-state index contributed by atoms with van der Waals surface area (Å²) in [5.74, 6) is -0.418. The van der Waals surface area contributed by atoms with Crippen LogP contribution in [0, 0.1) is 0 Å². The smallest absolute Gasteiger partial charge is 0.407 e. The van der Waals surface area contributed by atoms with Crippen LogP contribution in [0.25, 0.3) is 0 Å². The summed E-state index contributed by atoms with van der Waals surface area (Å²) in [5, 5.41) is 2.65. The third-order valence-corrected chi connectivity index (χ3v) is 2.18. The lowest BCUT2D eigenvalue weighted by atomic mass is 10.2. The third-order valence-electron chi connectivity index (χ3n) is 2.18. The molecule has 0 aliphatic carbocycles. The van der Waals surface area contributed by atoms with E-state index in [1.165, 1.54) is 7.11 Å². The summed E-state index contributed by atoms with van der Waals surface area (Å²) in [6.45, 7) is 9.65. The predicted molar refractivity (Wildman–Crippen MR) is 70.9 cm³/mol. The van der Waals surface area contributed by atoms with Gasteiger partial charge in [0, 0.05) is 6.42 Å². The monoisotopic (exact) mass is 275 g/mol. The number of rotatable bonds is 2. The number of esters is 1. The van der Waals surface area contributed by atoms with Crippen LogP contribution < -0.4 is 5.32 Å². The lowest BCUT2D eigenvalue weighted by Crippen LogP contribution is -2.39. The number of nitrogens with one attached hydrogen (secondary N) is 1. The second kappa shape index (κ2) is 7.99. The summed E-state index contributed by atoms with van der Waals surface area (Å²) >= 11 is 0. The van der Waals surface area contributed by atoms with Crippen molar-refractivity contribution < 1.29 is 23.8 Å². The number of alkyl carbamates (subject to hydrolysis) is 1. The first-order chi connectivity index (χ1) is 8.81. The molecule has 2 unspecified atom stereocenters. The van der Waals surface area contributed by atoms with Crippen molar-refractivity contribution in [2.24, 2.45) is 0 Å². The molecule has 1 aliphatic heterocycles. The lowest BCUT2D eigenvalue weighted by molar-refractivity contribution is -0.151. The van der Waals surface area contributed by atoms with Gasteiger partial charge in [-0.1, -0.05) is 13.8 Å². The van der Waals surface area contributed by atoms with Gasteiger partial charge in [-0.2, -0.15) is 0 Å². The van der Waals surface area contributed by atoms with Gasteiger partial charge in [-0.25, -0.2) is 9.59 Å². The summed E-state index contributed by atoms with van der Waals surface area (Å²) < 4.78 is 14.9. The number of amides is 1. The van der Waals surface area contributed by atoms with Gasteiger partial charge in [0.05, 0.1) is 19.8 Å². The number of carbonyl (C=O) groups is 2. The van der Waals surface area contributed by atoms with Crippen LogP contribution in [-0.4, -0.2) is 43.5 Å². The van der Waals surface area contributed by atoms with Gasteiger partial charge in [-0.3, -0.25) is 0 Å². The van der Waals surface area contributed by atoms with Crippen molar-refractivity contribution in [3.05, 3.63) is 0 Å². The quantitative estimate of drug-likeness (QED) is 0.779. The standard InChI is InChI=1S/C11H19NO5.C2H6/c1-11(2,3)17-10(14)12-7-5-8(16-6-7)9(13)15-4;1-2/h7-8H,5-6H2,1-4H3,(H,12,14);1-2H3. The second-order valence-corrected chi connectivity index (χ2v) is 4.92. The maximum atomic E-state index is 11.5. The van der Waals surface area contributed by atoms with Crippen molar-refractivity contribution in [3.8, 4) is 0 Å². The van der Waals surface area contributed by atoms with Crippen LogP contribution in [0.5, 0.6) is 0 Å². The molecule has 1 heterocycles. The lowest BCUT2D eigenvalue weighted by Gasteiger charge is -2.21. The van der Waals surface area contributed by atoms with E-state index in [4.69, 9.17) is 9.47 Å². The van der Waals surface area contributed by atoms with E-state index in [-0.39, 0.29) is 6.04 Å². The maximum Gasteiger partial charge on any atom is 0.407 e. The molecular weight excluding hydrogens is 250 g/mol. The fourth-order valence-electron chi connectivity index (χ4n) is 1.50. The number of hydrogen-bond donors (Lipinski definition) is 1. The fraction of sp³-hybridized carbons (Fsp3) is 0.846. The normalized spacial score (nSPS) is 22.0. The van der Waals surface area contributed by atoms with Crippen molar-refractivity contribution in [3.63, 3.8) is 0 Å². The minimum Gasteiger partial charge on any atom is -0.467 e. The molecule has 1 aliphatic rings. The fourth-order valence-corrected chi connectivity index (χ4v) is 1.50. The van der Waals surface area contributed by atoms with Gasteiger partial charge >= 0.3 is 12.1 Å². The van der Waals surface area contributed by atoms with E-state index in [1.807, 2.05) is 13.8 Å². The first kappa shape index (κ1) is 17.7. The van der Waals surface area contributed by atoms with Crippen LogP contribution in [0.2, 0.25) is 0 Å². The SMILES string of the molecule is CC.COC(=O)C1CC(NC(=O)OC(C)(C)C)CO1. The Balaban J connectivity index is 0.00000154. The maximum absolute atomic E-state index is 11.5. The number of ether oxygens (including phenoxy) is 3. The average Bonchev–Trinajstić information content (AvgIpc) is 2.76. The van der Waals surface area contributed by atoms with Crippen LogP contribution in [0.4, 0.5) is 4.79 Å². The third kappa shape index (κ3) is 7.00. The second-order valence-electron chi connectivity index (χ2n) is 4.92. The Kier molecular flexibility index (Phi) is 7.44. The minimum absolute atomic E-state index is 0.214. The predicted octanol–water partition coefficient (Wildman–Crippen LogP) is 1.87. The molecule has 0 aromatic carbocycles. The largest absolute Gasteiger partial charge is 0.467 e. The molecule has 1 N–H and O–H groups in total. The van der Waals surface area contributed by atoms with Crippen LogP contribution in [-0.2, 0) is 19.0 Å². The van der Waals surface area contributed by atoms with Gasteiger partial charge in [-0.15, -0.1) is 0 Å². The van der Waals surface area contributed by atoms with Gasteiger partial charge in [0.25, 0.3) is 0 Å². The van der Waals surface area contributed by atoms with Crippen LogP contribution >= 0.6 is 0 Å². The van der Waals surface area contributed by atoms with Crippen LogP contribution in [0.1, 0.15) is 41.0 Å². The molecule has 0 aromatic heterocycles. The molecule has 6 nitrogen and oxygen atoms in total. The highest BCUT2D eigenvalue weighted by atomic mass is 16.6. The molecule has 0 saturated carbocycles. The van der Waals surface area contributed by atoms with Crippen molar-refractivity contribution in [1.82, 2.24) is 5.32 Å². The molecule has 1 rings (SSSR count). The molecule has 1 amide bonds. The van der Waals surface area contributed by atoms with Crippen molar-refractivity contribution >= 4 is 12.1 Å². The molecular formula is C13H25NO5. The summed E-state index contributed by atoms with van der Waals surface area (Å²) in [4.78, 5) is 22.6. The summed E-state index contributed by atoms with van der Waals surface area (Å²) in [6, 6.07) is -0.214. The molecule has 1 saturated heterocycles. The number of hydrogen-bond acceptors (Lipinski definition) is 5. The van der Waals surface area contributed by atoms with Gasteiger partial charge in [0.15, 0.2) is 6.10 Å². The van der Waals surface area contributed by atoms with Gasteiger partial charge in [0.1, 0.15) is 5.60 Å². The first-order valence-corrected chi connectivity index (χ1v) is 6.51. The van der Waals surface area contributed by atoms with Crippen LogP contribution in [0.3, 0.4) is 0 Å². The van der Waals surface area contributed by atoms with Gasteiger partial charge in [0.2, 0.25) is 0 Å². The van der Waals surface area contributed by atoms with Crippen molar-refractivity contribution in [1.29, 1.82) is 0 Å². The van der Waals surface area contributed by atoms with E-state index >= 15 is 0 Å².